The monoisotopic (exact) mass is 560 g/mol. The van der Waals surface area contributed by atoms with Crippen molar-refractivity contribution in [2.45, 2.75) is 57.2 Å². The first-order valence-corrected chi connectivity index (χ1v) is 12.8. The maximum absolute atomic E-state index is 12.3. The number of hydrogen-bond acceptors (Lipinski definition) is 7. The van der Waals surface area contributed by atoms with E-state index in [4.69, 9.17) is 10.5 Å². The highest BCUT2D eigenvalue weighted by Gasteiger charge is 2.29. The molecule has 0 saturated heterocycles. The highest BCUT2D eigenvalue weighted by molar-refractivity contribution is 5.91. The van der Waals surface area contributed by atoms with Gasteiger partial charge in [-0.3, -0.25) is 9.59 Å². The van der Waals surface area contributed by atoms with E-state index in [1.54, 1.807) is 0 Å². The number of amides is 3. The van der Waals surface area contributed by atoms with Gasteiger partial charge in [-0.25, -0.2) is 9.59 Å². The second kappa shape index (κ2) is 15.1. The number of carbonyl (C=O) groups is 4. The number of fused-ring (bicyclic) bond motifs is 3. The minimum absolute atomic E-state index is 0. The van der Waals surface area contributed by atoms with Gasteiger partial charge in [0.1, 0.15) is 18.7 Å². The number of rotatable bonds is 12. The summed E-state index contributed by atoms with van der Waals surface area (Å²) in [7, 11) is 1.22. The zero-order valence-electron chi connectivity index (χ0n) is 22.4. The van der Waals surface area contributed by atoms with Crippen LogP contribution >= 0.6 is 12.4 Å². The summed E-state index contributed by atoms with van der Waals surface area (Å²) in [6, 6.07) is 13.8. The van der Waals surface area contributed by atoms with Crippen LogP contribution in [0.2, 0.25) is 0 Å². The third-order valence-corrected chi connectivity index (χ3v) is 6.56. The molecule has 212 valence electrons. The maximum atomic E-state index is 12.3. The van der Waals surface area contributed by atoms with Gasteiger partial charge < -0.3 is 31.2 Å². The number of esters is 1. The molecule has 0 heterocycles. The smallest absolute Gasteiger partial charge is 0.407 e. The van der Waals surface area contributed by atoms with Crippen LogP contribution in [0.3, 0.4) is 0 Å². The van der Waals surface area contributed by atoms with Crippen molar-refractivity contribution in [1.29, 1.82) is 0 Å². The predicted molar refractivity (Wildman–Crippen MR) is 149 cm³/mol. The zero-order valence-corrected chi connectivity index (χ0v) is 23.2. The van der Waals surface area contributed by atoms with Crippen LogP contribution in [0.5, 0.6) is 0 Å². The molecule has 1 aliphatic rings. The van der Waals surface area contributed by atoms with Crippen molar-refractivity contribution in [2.75, 3.05) is 20.3 Å². The fourth-order valence-corrected chi connectivity index (χ4v) is 4.42. The molecule has 1 aliphatic carbocycles. The van der Waals surface area contributed by atoms with Crippen molar-refractivity contribution in [3.05, 3.63) is 59.7 Å². The Morgan fingerprint density at radius 3 is 2.03 bits per heavy atom. The van der Waals surface area contributed by atoms with Gasteiger partial charge in [0.25, 0.3) is 0 Å². The lowest BCUT2D eigenvalue weighted by atomic mass is 9.98. The Morgan fingerprint density at radius 1 is 0.872 bits per heavy atom. The van der Waals surface area contributed by atoms with Crippen molar-refractivity contribution < 1.29 is 28.7 Å². The fourth-order valence-electron chi connectivity index (χ4n) is 4.42. The molecular formula is C28H37ClN4O6. The normalized spacial score (nSPS) is 13.9. The van der Waals surface area contributed by atoms with E-state index in [0.717, 1.165) is 11.1 Å². The summed E-state index contributed by atoms with van der Waals surface area (Å²) in [5.74, 6) is -1.57. The molecule has 0 saturated carbocycles. The first-order chi connectivity index (χ1) is 18.2. The molecule has 2 aromatic rings. The molecule has 0 aliphatic heterocycles. The molecule has 0 bridgehead atoms. The fraction of sp³-hybridized carbons (Fsp3) is 0.429. The number of unbranched alkanes of at least 4 members (excludes halogenated alkanes) is 1. The molecule has 3 rings (SSSR count). The lowest BCUT2D eigenvalue weighted by Crippen LogP contribution is -2.52. The van der Waals surface area contributed by atoms with E-state index in [2.05, 4.69) is 45.0 Å². The van der Waals surface area contributed by atoms with E-state index >= 15 is 0 Å². The molecule has 11 heteroatoms. The Kier molecular flexibility index (Phi) is 12.2. The average Bonchev–Trinajstić information content (AvgIpc) is 3.24. The van der Waals surface area contributed by atoms with Crippen molar-refractivity contribution >= 4 is 36.3 Å². The van der Waals surface area contributed by atoms with Gasteiger partial charge in [0.15, 0.2) is 0 Å². The van der Waals surface area contributed by atoms with Gasteiger partial charge in [0, 0.05) is 12.5 Å². The molecule has 5 N–H and O–H groups in total. The molecular weight excluding hydrogens is 524 g/mol. The van der Waals surface area contributed by atoms with Gasteiger partial charge in [-0.05, 0) is 55.4 Å². The minimum Gasteiger partial charge on any atom is -0.467 e. The van der Waals surface area contributed by atoms with E-state index in [0.29, 0.717) is 25.8 Å². The number of halogens is 1. The quantitative estimate of drug-likeness (QED) is 0.230. The maximum Gasteiger partial charge on any atom is 0.407 e. The van der Waals surface area contributed by atoms with E-state index in [1.807, 2.05) is 24.3 Å². The molecule has 0 unspecified atom stereocenters. The summed E-state index contributed by atoms with van der Waals surface area (Å²) in [5.41, 5.74) is 10.6. The van der Waals surface area contributed by atoms with E-state index in [-0.39, 0.29) is 24.9 Å². The number of carbonyl (C=O) groups excluding carboxylic acids is 4. The number of nitrogens with two attached hydrogens (primary N) is 1. The van der Waals surface area contributed by atoms with Crippen LogP contribution in [0.15, 0.2) is 48.5 Å². The van der Waals surface area contributed by atoms with Crippen molar-refractivity contribution in [3.63, 3.8) is 0 Å². The number of alkyl carbamates (subject to hydrolysis) is 1. The van der Waals surface area contributed by atoms with Crippen LogP contribution in [0.25, 0.3) is 11.1 Å². The molecule has 0 radical (unpaired) electrons. The Morgan fingerprint density at radius 2 is 1.44 bits per heavy atom. The second-order valence-corrected chi connectivity index (χ2v) is 9.34. The third-order valence-electron chi connectivity index (χ3n) is 6.56. The van der Waals surface area contributed by atoms with Crippen LogP contribution in [0.1, 0.15) is 50.2 Å². The molecule has 2 aromatic carbocycles. The summed E-state index contributed by atoms with van der Waals surface area (Å²) >= 11 is 0. The standard InChI is InChI=1S/C28H36N4O6.ClH/c1-17(25(33)32-18(2)27(35)37-3)31-26(34)24(29)14-8-9-15-30-28(36)38-16-23-21-12-6-4-10-19(21)20-11-5-7-13-22(20)23;/h4-7,10-13,17-18,23-24H,8-9,14-16,29H2,1-3H3,(H,30,36)(H,31,34)(H,32,33);1H/t17-,18-,24+;/m1./s1. The summed E-state index contributed by atoms with van der Waals surface area (Å²) in [6.07, 6.45) is 1.09. The van der Waals surface area contributed by atoms with Gasteiger partial charge in [0.05, 0.1) is 13.2 Å². The minimum atomic E-state index is -0.865. The highest BCUT2D eigenvalue weighted by Crippen LogP contribution is 2.44. The average molecular weight is 561 g/mol. The van der Waals surface area contributed by atoms with E-state index in [1.165, 1.54) is 32.1 Å². The van der Waals surface area contributed by atoms with E-state index in [9.17, 15) is 19.2 Å². The third kappa shape index (κ3) is 8.43. The van der Waals surface area contributed by atoms with Gasteiger partial charge in [-0.2, -0.15) is 0 Å². The van der Waals surface area contributed by atoms with Crippen LogP contribution in [0, 0.1) is 0 Å². The van der Waals surface area contributed by atoms with Gasteiger partial charge in [-0.15, -0.1) is 12.4 Å². The Bertz CT molecular complexity index is 1110. The molecule has 0 spiro atoms. The largest absolute Gasteiger partial charge is 0.467 e. The molecule has 10 nitrogen and oxygen atoms in total. The first kappa shape index (κ1) is 31.6. The molecule has 39 heavy (non-hydrogen) atoms. The predicted octanol–water partition coefficient (Wildman–Crippen LogP) is 2.63. The molecule has 3 amide bonds. The number of methoxy groups -OCH3 is 1. The lowest BCUT2D eigenvalue weighted by Gasteiger charge is -2.19. The summed E-state index contributed by atoms with van der Waals surface area (Å²) < 4.78 is 10.1. The number of ether oxygens (including phenoxy) is 2. The number of benzene rings is 2. The van der Waals surface area contributed by atoms with Gasteiger partial charge in [0.2, 0.25) is 11.8 Å². The van der Waals surface area contributed by atoms with Crippen LogP contribution in [-0.2, 0) is 23.9 Å². The second-order valence-electron chi connectivity index (χ2n) is 9.34. The lowest BCUT2D eigenvalue weighted by molar-refractivity contribution is -0.144. The zero-order chi connectivity index (χ0) is 27.7. The van der Waals surface area contributed by atoms with Crippen LogP contribution in [0.4, 0.5) is 4.79 Å². The van der Waals surface area contributed by atoms with Gasteiger partial charge in [-0.1, -0.05) is 48.5 Å². The van der Waals surface area contributed by atoms with Crippen molar-refractivity contribution in [3.8, 4) is 11.1 Å². The Balaban J connectivity index is 0.00000533. The molecule has 3 atom stereocenters. The Labute approximate surface area is 234 Å². The number of nitrogens with one attached hydrogen (secondary N) is 3. The summed E-state index contributed by atoms with van der Waals surface area (Å²) in [5, 5.41) is 7.75. The van der Waals surface area contributed by atoms with Crippen LogP contribution < -0.4 is 21.7 Å². The molecule has 0 fully saturated rings. The highest BCUT2D eigenvalue weighted by atomic mass is 35.5. The first-order valence-electron chi connectivity index (χ1n) is 12.8. The SMILES string of the molecule is COC(=O)[C@@H](C)NC(=O)[C@@H](C)NC(=O)[C@@H](N)CCCCNC(=O)OCC1c2ccccc2-c2ccccc21.Cl. The Hall–Kier alpha value is -3.63. The topological polar surface area (TPSA) is 149 Å². The number of hydrogen-bond donors (Lipinski definition) is 4. The summed E-state index contributed by atoms with van der Waals surface area (Å²) in [4.78, 5) is 48.1. The molecule has 0 aromatic heterocycles. The summed E-state index contributed by atoms with van der Waals surface area (Å²) in [6.45, 7) is 3.62. The van der Waals surface area contributed by atoms with Gasteiger partial charge >= 0.3 is 12.1 Å². The van der Waals surface area contributed by atoms with Crippen molar-refractivity contribution in [2.24, 2.45) is 5.73 Å². The van der Waals surface area contributed by atoms with Crippen molar-refractivity contribution in [1.82, 2.24) is 16.0 Å². The van der Waals surface area contributed by atoms with E-state index < -0.39 is 42.0 Å². The van der Waals surface area contributed by atoms with Crippen LogP contribution in [-0.4, -0.2) is 62.3 Å².